The van der Waals surface area contributed by atoms with E-state index in [1.54, 1.807) is 24.4 Å². The molecule has 2 heterocycles. The van der Waals surface area contributed by atoms with Crippen LogP contribution in [0.1, 0.15) is 5.69 Å². The van der Waals surface area contributed by atoms with Gasteiger partial charge in [0.25, 0.3) is 0 Å². The number of anilines is 1. The summed E-state index contributed by atoms with van der Waals surface area (Å²) in [4.78, 5) is 31.9. The maximum atomic E-state index is 12.3. The van der Waals surface area contributed by atoms with E-state index < -0.39 is 0 Å². The Balaban J connectivity index is 0.00000288. The van der Waals surface area contributed by atoms with Crippen LogP contribution >= 0.6 is 24.8 Å². The number of rotatable bonds is 6. The number of hydrogen-bond acceptors (Lipinski definition) is 5. The lowest BCUT2D eigenvalue weighted by Gasteiger charge is -2.34. The Kier molecular flexibility index (Phi) is 10.8. The fourth-order valence-corrected chi connectivity index (χ4v) is 2.41. The highest BCUT2D eigenvalue weighted by Crippen LogP contribution is 2.07. The van der Waals surface area contributed by atoms with E-state index in [0.29, 0.717) is 45.0 Å². The van der Waals surface area contributed by atoms with Gasteiger partial charge in [-0.2, -0.15) is 0 Å². The molecule has 0 aliphatic carbocycles. The molecule has 2 rings (SSSR count). The van der Waals surface area contributed by atoms with Gasteiger partial charge in [-0.05, 0) is 12.1 Å². The molecule has 1 aliphatic heterocycles. The minimum atomic E-state index is -0.0178. The number of nitrogens with zero attached hydrogens (tertiary/aromatic N) is 3. The second kappa shape index (κ2) is 11.7. The number of aromatic nitrogens is 1. The maximum absolute atomic E-state index is 12.3. The van der Waals surface area contributed by atoms with Crippen molar-refractivity contribution in [3.63, 3.8) is 0 Å². The number of amides is 2. The molecule has 0 aromatic carbocycles. The molecule has 3 N–H and O–H groups in total. The van der Waals surface area contributed by atoms with E-state index >= 15 is 0 Å². The van der Waals surface area contributed by atoms with Crippen LogP contribution in [0.5, 0.6) is 0 Å². The minimum absolute atomic E-state index is 0. The first-order valence-corrected chi connectivity index (χ1v) is 7.66. The molecule has 0 saturated carbocycles. The Morgan fingerprint density at radius 3 is 2.48 bits per heavy atom. The number of halogens is 2. The third-order valence-corrected chi connectivity index (χ3v) is 3.72. The van der Waals surface area contributed by atoms with Crippen molar-refractivity contribution in [2.75, 3.05) is 45.0 Å². The summed E-state index contributed by atoms with van der Waals surface area (Å²) in [5, 5.41) is 2.75. The van der Waals surface area contributed by atoms with Gasteiger partial charge in [-0.25, -0.2) is 0 Å². The predicted octanol–water partition coefficient (Wildman–Crippen LogP) is 0.496. The van der Waals surface area contributed by atoms with Gasteiger partial charge in [-0.1, -0.05) is 6.08 Å². The van der Waals surface area contributed by atoms with Crippen LogP contribution in [0, 0.1) is 0 Å². The summed E-state index contributed by atoms with van der Waals surface area (Å²) < 4.78 is 0. The molecule has 0 bridgehead atoms. The Morgan fingerprint density at radius 1 is 1.24 bits per heavy atom. The van der Waals surface area contributed by atoms with Crippen molar-refractivity contribution < 1.29 is 9.59 Å². The number of pyridine rings is 1. The normalized spacial score (nSPS) is 14.0. The Bertz CT molecular complexity index is 560. The summed E-state index contributed by atoms with van der Waals surface area (Å²) in [6, 6.07) is 3.52. The number of piperazine rings is 1. The topological polar surface area (TPSA) is 91.6 Å². The zero-order valence-electron chi connectivity index (χ0n) is 14.0. The van der Waals surface area contributed by atoms with Crippen LogP contribution in [-0.4, -0.2) is 65.9 Å². The molecule has 1 aromatic heterocycles. The van der Waals surface area contributed by atoms with Crippen LogP contribution < -0.4 is 11.1 Å². The van der Waals surface area contributed by atoms with Gasteiger partial charge >= 0.3 is 0 Å². The highest BCUT2D eigenvalue weighted by Gasteiger charge is 2.22. The van der Waals surface area contributed by atoms with Gasteiger partial charge in [0.15, 0.2) is 0 Å². The molecule has 9 heteroatoms. The van der Waals surface area contributed by atoms with Crippen LogP contribution in [0.15, 0.2) is 31.0 Å². The van der Waals surface area contributed by atoms with Crippen LogP contribution in [-0.2, 0) is 16.0 Å². The van der Waals surface area contributed by atoms with Crippen LogP contribution in [0.4, 0.5) is 5.69 Å². The quantitative estimate of drug-likeness (QED) is 0.691. The second-order valence-corrected chi connectivity index (χ2v) is 5.51. The molecule has 1 aliphatic rings. The molecule has 0 unspecified atom stereocenters. The van der Waals surface area contributed by atoms with E-state index in [1.165, 1.54) is 0 Å². The van der Waals surface area contributed by atoms with Crippen LogP contribution in [0.3, 0.4) is 0 Å². The van der Waals surface area contributed by atoms with Crippen molar-refractivity contribution >= 4 is 42.3 Å². The van der Waals surface area contributed by atoms with Crippen molar-refractivity contribution in [1.29, 1.82) is 0 Å². The average molecular weight is 390 g/mol. The zero-order chi connectivity index (χ0) is 16.7. The van der Waals surface area contributed by atoms with E-state index in [2.05, 4.69) is 16.9 Å². The van der Waals surface area contributed by atoms with Crippen molar-refractivity contribution in [2.24, 2.45) is 0 Å². The van der Waals surface area contributed by atoms with Crippen molar-refractivity contribution in [3.8, 4) is 0 Å². The van der Waals surface area contributed by atoms with Gasteiger partial charge in [0.05, 0.1) is 24.8 Å². The molecule has 2 amide bonds. The Hall–Kier alpha value is -1.83. The van der Waals surface area contributed by atoms with E-state index in [0.717, 1.165) is 5.69 Å². The van der Waals surface area contributed by atoms with E-state index in [1.807, 2.05) is 9.80 Å². The summed E-state index contributed by atoms with van der Waals surface area (Å²) in [5.74, 6) is 0.0359. The molecule has 0 spiro atoms. The maximum Gasteiger partial charge on any atom is 0.234 e. The predicted molar refractivity (Wildman–Crippen MR) is 103 cm³/mol. The monoisotopic (exact) mass is 389 g/mol. The molecule has 0 radical (unpaired) electrons. The number of nitrogens with one attached hydrogen (secondary N) is 1. The molecule has 0 atom stereocenters. The highest BCUT2D eigenvalue weighted by atomic mass is 35.5. The first-order valence-electron chi connectivity index (χ1n) is 7.66. The number of carbonyl (C=O) groups is 2. The van der Waals surface area contributed by atoms with Gasteiger partial charge in [-0.3, -0.25) is 19.5 Å². The number of carbonyl (C=O) groups excluding carboxylic acids is 2. The van der Waals surface area contributed by atoms with Crippen molar-refractivity contribution in [3.05, 3.63) is 36.7 Å². The second-order valence-electron chi connectivity index (χ2n) is 5.51. The number of hydrogen-bond donors (Lipinski definition) is 2. The van der Waals surface area contributed by atoms with Gasteiger partial charge in [0.2, 0.25) is 11.8 Å². The van der Waals surface area contributed by atoms with Crippen LogP contribution in [0.2, 0.25) is 0 Å². The van der Waals surface area contributed by atoms with Crippen LogP contribution in [0.25, 0.3) is 0 Å². The molecular formula is C16H25Cl2N5O2. The summed E-state index contributed by atoms with van der Waals surface area (Å²) in [6.45, 7) is 7.05. The van der Waals surface area contributed by atoms with Gasteiger partial charge in [0.1, 0.15) is 0 Å². The zero-order valence-corrected chi connectivity index (χ0v) is 15.7. The molecule has 7 nitrogen and oxygen atoms in total. The van der Waals surface area contributed by atoms with E-state index in [4.69, 9.17) is 5.73 Å². The lowest BCUT2D eigenvalue weighted by molar-refractivity contribution is -0.132. The lowest BCUT2D eigenvalue weighted by Crippen LogP contribution is -2.51. The molecule has 140 valence electrons. The fraction of sp³-hybridized carbons (Fsp3) is 0.438. The van der Waals surface area contributed by atoms with E-state index in [9.17, 15) is 9.59 Å². The summed E-state index contributed by atoms with van der Waals surface area (Å²) in [5.41, 5.74) is 6.89. The minimum Gasteiger partial charge on any atom is -0.397 e. The largest absolute Gasteiger partial charge is 0.397 e. The molecular weight excluding hydrogens is 365 g/mol. The number of nitrogen functional groups attached to an aromatic ring is 1. The van der Waals surface area contributed by atoms with E-state index in [-0.39, 0.29) is 43.0 Å². The smallest absolute Gasteiger partial charge is 0.234 e. The Morgan fingerprint density at radius 2 is 1.92 bits per heavy atom. The van der Waals surface area contributed by atoms with Gasteiger partial charge in [-0.15, -0.1) is 31.4 Å². The summed E-state index contributed by atoms with van der Waals surface area (Å²) in [6.07, 6.45) is 3.49. The standard InChI is InChI=1S/C16H23N5O2.2ClH/c1-2-5-18-15(22)12-20-6-8-21(9-7-20)16(23)10-14-4-3-13(17)11-19-14;;/h2-4,11H,1,5-10,12,17H2,(H,18,22);2*1H. The first kappa shape index (κ1) is 23.2. The first-order chi connectivity index (χ1) is 11.1. The third-order valence-electron chi connectivity index (χ3n) is 3.72. The number of nitrogens with two attached hydrogens (primary N) is 1. The highest BCUT2D eigenvalue weighted by molar-refractivity contribution is 5.85. The van der Waals surface area contributed by atoms with Gasteiger partial charge < -0.3 is 16.0 Å². The SMILES string of the molecule is C=CCNC(=O)CN1CCN(C(=O)Cc2ccc(N)cn2)CC1.Cl.Cl. The van der Waals surface area contributed by atoms with Gasteiger partial charge in [0, 0.05) is 38.4 Å². The average Bonchev–Trinajstić information content (AvgIpc) is 2.55. The van der Waals surface area contributed by atoms with Crippen molar-refractivity contribution in [2.45, 2.75) is 6.42 Å². The third kappa shape index (κ3) is 7.72. The summed E-state index contributed by atoms with van der Waals surface area (Å²) in [7, 11) is 0. The fourth-order valence-electron chi connectivity index (χ4n) is 2.41. The molecule has 1 aromatic rings. The molecule has 1 fully saturated rings. The van der Waals surface area contributed by atoms with Crippen molar-refractivity contribution in [1.82, 2.24) is 20.1 Å². The lowest BCUT2D eigenvalue weighted by atomic mass is 10.2. The Labute approximate surface area is 160 Å². The molecule has 1 saturated heterocycles. The molecule has 25 heavy (non-hydrogen) atoms. The summed E-state index contributed by atoms with van der Waals surface area (Å²) >= 11 is 0.